The fourth-order valence-electron chi connectivity index (χ4n) is 2.30. The fourth-order valence-corrected chi connectivity index (χ4v) is 4.38. The molecule has 6 heteroatoms. The van der Waals surface area contributed by atoms with Crippen molar-refractivity contribution in [2.45, 2.75) is 33.2 Å². The maximum Gasteiger partial charge on any atom is 0.265 e. The molecule has 0 N–H and O–H groups in total. The van der Waals surface area contributed by atoms with Crippen LogP contribution in [0.4, 0.5) is 0 Å². The molecule has 0 atom stereocenters. The first-order chi connectivity index (χ1) is 11.0. The number of amides is 1. The maximum absolute atomic E-state index is 12.7. The summed E-state index contributed by atoms with van der Waals surface area (Å²) in [5, 5.41) is 1.97. The summed E-state index contributed by atoms with van der Waals surface area (Å²) < 4.78 is 1.15. The van der Waals surface area contributed by atoms with Gasteiger partial charge in [0.05, 0.1) is 27.5 Å². The quantitative estimate of drug-likeness (QED) is 0.701. The number of carbonyl (C=O) groups excluding carboxylic acids is 1. The zero-order chi connectivity index (χ0) is 16.6. The lowest BCUT2D eigenvalue weighted by molar-refractivity contribution is 0.0789. The summed E-state index contributed by atoms with van der Waals surface area (Å²) >= 11 is 3.14. The lowest BCUT2D eigenvalue weighted by Gasteiger charge is -2.14. The second kappa shape index (κ2) is 6.37. The number of hydrogen-bond acceptors (Lipinski definition) is 5. The van der Waals surface area contributed by atoms with E-state index in [0.717, 1.165) is 30.8 Å². The number of nitrogens with zero attached hydrogens (tertiary/aromatic N) is 3. The normalized spacial score (nSPS) is 11.3. The molecular formula is C17H19N3OS2. The average molecular weight is 345 g/mol. The summed E-state index contributed by atoms with van der Waals surface area (Å²) in [6, 6.07) is 8.04. The largest absolute Gasteiger partial charge is 0.334 e. The van der Waals surface area contributed by atoms with E-state index in [4.69, 9.17) is 0 Å². The van der Waals surface area contributed by atoms with Gasteiger partial charge in [-0.1, -0.05) is 26.0 Å². The van der Waals surface area contributed by atoms with Gasteiger partial charge in [0.1, 0.15) is 9.88 Å². The van der Waals surface area contributed by atoms with Gasteiger partial charge in [0.15, 0.2) is 0 Å². The molecule has 0 radical (unpaired) electrons. The van der Waals surface area contributed by atoms with E-state index in [2.05, 4.69) is 29.9 Å². The number of fused-ring (bicyclic) bond motifs is 1. The smallest absolute Gasteiger partial charge is 0.265 e. The molecule has 4 nitrogen and oxygen atoms in total. The van der Waals surface area contributed by atoms with Gasteiger partial charge < -0.3 is 4.90 Å². The molecule has 0 saturated heterocycles. The lowest BCUT2D eigenvalue weighted by Crippen LogP contribution is -2.25. The molecule has 0 saturated carbocycles. The van der Waals surface area contributed by atoms with E-state index in [1.54, 1.807) is 16.2 Å². The Labute approximate surface area is 143 Å². The Morgan fingerprint density at radius 3 is 2.61 bits per heavy atom. The molecule has 23 heavy (non-hydrogen) atoms. The van der Waals surface area contributed by atoms with Gasteiger partial charge in [-0.2, -0.15) is 0 Å². The van der Waals surface area contributed by atoms with Crippen molar-refractivity contribution in [3.8, 4) is 0 Å². The van der Waals surface area contributed by atoms with E-state index in [1.165, 1.54) is 11.3 Å². The third-order valence-corrected chi connectivity index (χ3v) is 6.03. The van der Waals surface area contributed by atoms with E-state index in [9.17, 15) is 4.79 Å². The molecule has 120 valence electrons. The Kier molecular flexibility index (Phi) is 4.46. The van der Waals surface area contributed by atoms with Crippen molar-refractivity contribution in [3.63, 3.8) is 0 Å². The fraction of sp³-hybridized carbons (Fsp3) is 0.353. The highest BCUT2D eigenvalue weighted by atomic mass is 32.1. The van der Waals surface area contributed by atoms with Crippen LogP contribution in [0.1, 0.15) is 45.1 Å². The highest BCUT2D eigenvalue weighted by Crippen LogP contribution is 2.27. The first-order valence-corrected chi connectivity index (χ1v) is 9.16. The van der Waals surface area contributed by atoms with Crippen LogP contribution in [-0.4, -0.2) is 27.8 Å². The Hall–Kier alpha value is -1.79. The molecule has 0 aliphatic rings. The van der Waals surface area contributed by atoms with E-state index in [0.29, 0.717) is 12.5 Å². The van der Waals surface area contributed by atoms with Gasteiger partial charge in [-0.15, -0.1) is 22.7 Å². The summed E-state index contributed by atoms with van der Waals surface area (Å²) in [6.45, 7) is 6.61. The van der Waals surface area contributed by atoms with Crippen LogP contribution in [0.3, 0.4) is 0 Å². The minimum Gasteiger partial charge on any atom is -0.334 e. The van der Waals surface area contributed by atoms with Crippen molar-refractivity contribution in [1.29, 1.82) is 0 Å². The zero-order valence-electron chi connectivity index (χ0n) is 13.7. The topological polar surface area (TPSA) is 46.1 Å². The molecule has 2 aromatic heterocycles. The molecule has 2 heterocycles. The number of para-hydroxylation sites is 1. The predicted octanol–water partition coefficient (Wildman–Crippen LogP) is 4.46. The molecule has 3 aromatic rings. The number of thiazole rings is 2. The molecule has 0 spiro atoms. The first kappa shape index (κ1) is 16.1. The Morgan fingerprint density at radius 1 is 1.22 bits per heavy atom. The standard InChI is InChI=1S/C17H19N3OS2/c1-10(2)16-18-11(3)15(23-16)17(21)20(4)9-14-19-12-7-5-6-8-13(12)22-14/h5-8,10H,9H2,1-4H3. The first-order valence-electron chi connectivity index (χ1n) is 7.53. The Morgan fingerprint density at radius 2 is 1.96 bits per heavy atom. The summed E-state index contributed by atoms with van der Waals surface area (Å²) in [6.07, 6.45) is 0. The highest BCUT2D eigenvalue weighted by Gasteiger charge is 2.21. The monoisotopic (exact) mass is 345 g/mol. The molecule has 0 fully saturated rings. The minimum absolute atomic E-state index is 0.0196. The number of carbonyl (C=O) groups is 1. The number of aromatic nitrogens is 2. The SMILES string of the molecule is Cc1nc(C(C)C)sc1C(=O)N(C)Cc1nc2ccccc2s1. The molecule has 0 bridgehead atoms. The summed E-state index contributed by atoms with van der Waals surface area (Å²) in [7, 11) is 1.82. The second-order valence-electron chi connectivity index (χ2n) is 5.86. The van der Waals surface area contributed by atoms with Crippen LogP contribution in [0.2, 0.25) is 0 Å². The van der Waals surface area contributed by atoms with Crippen LogP contribution in [0.15, 0.2) is 24.3 Å². The van der Waals surface area contributed by atoms with Gasteiger partial charge in [-0.3, -0.25) is 4.79 Å². The van der Waals surface area contributed by atoms with Gasteiger partial charge in [0.25, 0.3) is 5.91 Å². The molecule has 3 rings (SSSR count). The van der Waals surface area contributed by atoms with Crippen LogP contribution in [0.25, 0.3) is 10.2 Å². The van der Waals surface area contributed by atoms with Gasteiger partial charge in [0, 0.05) is 13.0 Å². The van der Waals surface area contributed by atoms with Crippen LogP contribution in [0.5, 0.6) is 0 Å². The average Bonchev–Trinajstić information content (AvgIpc) is 3.09. The van der Waals surface area contributed by atoms with Crippen LogP contribution < -0.4 is 0 Å². The van der Waals surface area contributed by atoms with E-state index < -0.39 is 0 Å². The van der Waals surface area contributed by atoms with Crippen molar-refractivity contribution in [3.05, 3.63) is 44.9 Å². The van der Waals surface area contributed by atoms with Gasteiger partial charge in [0.2, 0.25) is 0 Å². The van der Waals surface area contributed by atoms with Gasteiger partial charge in [-0.25, -0.2) is 9.97 Å². The van der Waals surface area contributed by atoms with Crippen LogP contribution in [-0.2, 0) is 6.54 Å². The lowest BCUT2D eigenvalue weighted by atomic mass is 10.2. The van der Waals surface area contributed by atoms with E-state index >= 15 is 0 Å². The highest BCUT2D eigenvalue weighted by molar-refractivity contribution is 7.18. The van der Waals surface area contributed by atoms with Crippen molar-refractivity contribution < 1.29 is 4.79 Å². The number of aryl methyl sites for hydroxylation is 1. The van der Waals surface area contributed by atoms with Gasteiger partial charge >= 0.3 is 0 Å². The molecular weight excluding hydrogens is 326 g/mol. The zero-order valence-corrected chi connectivity index (χ0v) is 15.3. The summed E-state index contributed by atoms with van der Waals surface area (Å²) in [5.74, 6) is 0.362. The van der Waals surface area contributed by atoms with Crippen molar-refractivity contribution >= 4 is 38.8 Å². The van der Waals surface area contributed by atoms with Crippen molar-refractivity contribution in [2.75, 3.05) is 7.05 Å². The van der Waals surface area contributed by atoms with Crippen molar-refractivity contribution in [1.82, 2.24) is 14.9 Å². The molecule has 0 unspecified atom stereocenters. The van der Waals surface area contributed by atoms with Crippen molar-refractivity contribution in [2.24, 2.45) is 0 Å². The third-order valence-electron chi connectivity index (χ3n) is 3.56. The van der Waals surface area contributed by atoms with Crippen LogP contribution in [0, 0.1) is 6.92 Å². The third kappa shape index (κ3) is 3.28. The number of benzene rings is 1. The molecule has 1 aromatic carbocycles. The van der Waals surface area contributed by atoms with E-state index in [-0.39, 0.29) is 5.91 Å². The minimum atomic E-state index is 0.0196. The Balaban J connectivity index is 1.79. The molecule has 0 aliphatic heterocycles. The summed E-state index contributed by atoms with van der Waals surface area (Å²) in [5.41, 5.74) is 1.81. The maximum atomic E-state index is 12.7. The predicted molar refractivity (Wildman–Crippen MR) is 96.4 cm³/mol. The molecule has 0 aliphatic carbocycles. The number of rotatable bonds is 4. The van der Waals surface area contributed by atoms with E-state index in [1.807, 2.05) is 32.2 Å². The van der Waals surface area contributed by atoms with Gasteiger partial charge in [-0.05, 0) is 19.1 Å². The number of hydrogen-bond donors (Lipinski definition) is 0. The second-order valence-corrected chi connectivity index (χ2v) is 8.00. The summed E-state index contributed by atoms with van der Waals surface area (Å²) in [4.78, 5) is 24.3. The Bertz CT molecular complexity index is 818. The van der Waals surface area contributed by atoms with Crippen LogP contribution >= 0.6 is 22.7 Å². The molecule has 1 amide bonds.